The molecule has 0 aromatic heterocycles. The highest BCUT2D eigenvalue weighted by Crippen LogP contribution is 2.24. The third kappa shape index (κ3) is 3.40. The first-order valence-electron chi connectivity index (χ1n) is 6.79. The van der Waals surface area contributed by atoms with E-state index in [9.17, 15) is 0 Å². The van der Waals surface area contributed by atoms with Crippen molar-refractivity contribution in [1.29, 1.82) is 0 Å². The molecule has 0 fully saturated rings. The highest BCUT2D eigenvalue weighted by Gasteiger charge is 2.14. The summed E-state index contributed by atoms with van der Waals surface area (Å²) >= 11 is 5.94. The molecule has 0 heterocycles. The van der Waals surface area contributed by atoms with Crippen molar-refractivity contribution in [3.63, 3.8) is 0 Å². The fourth-order valence-electron chi connectivity index (χ4n) is 2.70. The van der Waals surface area contributed by atoms with Gasteiger partial charge in [-0.25, -0.2) is 0 Å². The zero-order valence-corrected chi connectivity index (χ0v) is 13.0. The van der Waals surface area contributed by atoms with E-state index in [0.29, 0.717) is 0 Å². The van der Waals surface area contributed by atoms with Gasteiger partial charge in [0, 0.05) is 11.1 Å². The van der Waals surface area contributed by atoms with Crippen molar-refractivity contribution in [2.24, 2.45) is 5.84 Å². The highest BCUT2D eigenvalue weighted by atomic mass is 35.5. The van der Waals surface area contributed by atoms with Crippen LogP contribution in [-0.2, 0) is 6.42 Å². The summed E-state index contributed by atoms with van der Waals surface area (Å²) in [6.07, 6.45) is 0.871. The second-order valence-corrected chi connectivity index (χ2v) is 5.79. The summed E-state index contributed by atoms with van der Waals surface area (Å²) in [6.45, 7) is 6.44. The minimum Gasteiger partial charge on any atom is -0.271 e. The van der Waals surface area contributed by atoms with Gasteiger partial charge >= 0.3 is 0 Å². The van der Waals surface area contributed by atoms with Crippen molar-refractivity contribution in [2.45, 2.75) is 33.2 Å². The number of hydrazine groups is 1. The van der Waals surface area contributed by atoms with Gasteiger partial charge in [0.1, 0.15) is 0 Å². The molecular weight excluding hydrogens is 268 g/mol. The zero-order chi connectivity index (χ0) is 14.7. The van der Waals surface area contributed by atoms with E-state index in [2.05, 4.69) is 38.3 Å². The lowest BCUT2D eigenvalue weighted by atomic mass is 9.92. The summed E-state index contributed by atoms with van der Waals surface area (Å²) in [5, 5.41) is 0.743. The molecule has 1 unspecified atom stereocenters. The average Bonchev–Trinajstić information content (AvgIpc) is 2.39. The number of nitrogens with one attached hydrogen (secondary N) is 1. The Hall–Kier alpha value is -1.35. The standard InChI is InChI=1S/C17H21ClN2/c1-11-8-12(2)16(13(3)9-11)10-17(20-19)14-4-6-15(18)7-5-14/h4-9,17,20H,10,19H2,1-3H3. The monoisotopic (exact) mass is 288 g/mol. The van der Waals surface area contributed by atoms with Crippen LogP contribution in [0.5, 0.6) is 0 Å². The van der Waals surface area contributed by atoms with E-state index in [1.165, 1.54) is 22.3 Å². The molecule has 3 N–H and O–H groups in total. The van der Waals surface area contributed by atoms with Gasteiger partial charge in [0.2, 0.25) is 0 Å². The molecule has 1 atom stereocenters. The predicted molar refractivity (Wildman–Crippen MR) is 85.9 cm³/mol. The van der Waals surface area contributed by atoms with Gasteiger partial charge < -0.3 is 0 Å². The van der Waals surface area contributed by atoms with E-state index in [-0.39, 0.29) is 6.04 Å². The molecule has 20 heavy (non-hydrogen) atoms. The topological polar surface area (TPSA) is 38.0 Å². The maximum Gasteiger partial charge on any atom is 0.0500 e. The summed E-state index contributed by atoms with van der Waals surface area (Å²) in [4.78, 5) is 0. The molecule has 3 heteroatoms. The molecule has 2 rings (SSSR count). The Morgan fingerprint density at radius 2 is 1.60 bits per heavy atom. The van der Waals surface area contributed by atoms with E-state index in [1.807, 2.05) is 24.3 Å². The van der Waals surface area contributed by atoms with Crippen LogP contribution in [-0.4, -0.2) is 0 Å². The number of nitrogens with two attached hydrogens (primary N) is 1. The van der Waals surface area contributed by atoms with Gasteiger partial charge in [-0.15, -0.1) is 0 Å². The molecule has 0 amide bonds. The van der Waals surface area contributed by atoms with E-state index in [0.717, 1.165) is 17.0 Å². The average molecular weight is 289 g/mol. The van der Waals surface area contributed by atoms with E-state index >= 15 is 0 Å². The summed E-state index contributed by atoms with van der Waals surface area (Å²) in [6, 6.07) is 12.4. The lowest BCUT2D eigenvalue weighted by Crippen LogP contribution is -2.30. The minimum absolute atomic E-state index is 0.0902. The Morgan fingerprint density at radius 3 is 2.10 bits per heavy atom. The molecule has 0 aliphatic rings. The minimum atomic E-state index is 0.0902. The Balaban J connectivity index is 2.29. The molecule has 0 bridgehead atoms. The van der Waals surface area contributed by atoms with Gasteiger partial charge in [0.05, 0.1) is 0 Å². The fraction of sp³-hybridized carbons (Fsp3) is 0.294. The lowest BCUT2D eigenvalue weighted by Gasteiger charge is -2.20. The number of benzene rings is 2. The van der Waals surface area contributed by atoms with Gasteiger partial charge in [-0.3, -0.25) is 11.3 Å². The number of hydrogen-bond donors (Lipinski definition) is 2. The Labute approximate surface area is 125 Å². The van der Waals surface area contributed by atoms with Gasteiger partial charge in [0.25, 0.3) is 0 Å². The van der Waals surface area contributed by atoms with Crippen LogP contribution in [0.4, 0.5) is 0 Å². The summed E-state index contributed by atoms with van der Waals surface area (Å²) in [5.74, 6) is 5.74. The van der Waals surface area contributed by atoms with Crippen molar-refractivity contribution in [3.8, 4) is 0 Å². The van der Waals surface area contributed by atoms with E-state index in [4.69, 9.17) is 17.4 Å². The van der Waals surface area contributed by atoms with Crippen LogP contribution in [0.25, 0.3) is 0 Å². The molecular formula is C17H21ClN2. The number of rotatable bonds is 4. The molecule has 2 aromatic rings. The lowest BCUT2D eigenvalue weighted by molar-refractivity contribution is 0.549. The van der Waals surface area contributed by atoms with Crippen LogP contribution in [0.3, 0.4) is 0 Å². The molecule has 0 saturated carbocycles. The zero-order valence-electron chi connectivity index (χ0n) is 12.2. The van der Waals surface area contributed by atoms with Gasteiger partial charge in [-0.05, 0) is 61.6 Å². The first-order chi connectivity index (χ1) is 9.51. The Bertz CT molecular complexity index is 567. The molecule has 0 radical (unpaired) electrons. The van der Waals surface area contributed by atoms with Crippen LogP contribution in [0, 0.1) is 20.8 Å². The van der Waals surface area contributed by atoms with Crippen molar-refractivity contribution in [1.82, 2.24) is 5.43 Å². The smallest absolute Gasteiger partial charge is 0.0500 e. The first-order valence-corrected chi connectivity index (χ1v) is 7.17. The molecule has 0 saturated heterocycles. The third-order valence-corrected chi connectivity index (χ3v) is 3.97. The Kier molecular flexibility index (Phi) is 4.81. The molecule has 2 nitrogen and oxygen atoms in total. The highest BCUT2D eigenvalue weighted by molar-refractivity contribution is 6.30. The van der Waals surface area contributed by atoms with Crippen molar-refractivity contribution >= 4 is 11.6 Å². The largest absolute Gasteiger partial charge is 0.271 e. The van der Waals surface area contributed by atoms with Gasteiger partial charge in [-0.2, -0.15) is 0 Å². The summed E-state index contributed by atoms with van der Waals surface area (Å²) in [7, 11) is 0. The maximum absolute atomic E-state index is 5.94. The van der Waals surface area contributed by atoms with E-state index < -0.39 is 0 Å². The quantitative estimate of drug-likeness (QED) is 0.659. The predicted octanol–water partition coefficient (Wildman–Crippen LogP) is 4.01. The van der Waals surface area contributed by atoms with Crippen LogP contribution >= 0.6 is 11.6 Å². The number of halogens is 1. The molecule has 106 valence electrons. The van der Waals surface area contributed by atoms with Crippen molar-refractivity contribution < 1.29 is 0 Å². The second-order valence-electron chi connectivity index (χ2n) is 5.35. The third-order valence-electron chi connectivity index (χ3n) is 3.72. The molecule has 0 spiro atoms. The van der Waals surface area contributed by atoms with Crippen LogP contribution in [0.1, 0.15) is 33.9 Å². The van der Waals surface area contributed by atoms with E-state index in [1.54, 1.807) is 0 Å². The normalized spacial score (nSPS) is 12.4. The van der Waals surface area contributed by atoms with Gasteiger partial charge in [0.15, 0.2) is 0 Å². The molecule has 0 aliphatic heterocycles. The number of aryl methyl sites for hydroxylation is 3. The van der Waals surface area contributed by atoms with Crippen LogP contribution < -0.4 is 11.3 Å². The summed E-state index contributed by atoms with van der Waals surface area (Å²) in [5.41, 5.74) is 9.35. The number of hydrogen-bond acceptors (Lipinski definition) is 2. The van der Waals surface area contributed by atoms with Crippen molar-refractivity contribution in [2.75, 3.05) is 0 Å². The fourth-order valence-corrected chi connectivity index (χ4v) is 2.83. The molecule has 0 aliphatic carbocycles. The van der Waals surface area contributed by atoms with Crippen molar-refractivity contribution in [3.05, 3.63) is 69.2 Å². The Morgan fingerprint density at radius 1 is 1.05 bits per heavy atom. The van der Waals surface area contributed by atoms with Crippen LogP contribution in [0.15, 0.2) is 36.4 Å². The first kappa shape index (κ1) is 15.0. The molecule has 2 aromatic carbocycles. The van der Waals surface area contributed by atoms with Crippen LogP contribution in [0.2, 0.25) is 5.02 Å². The second kappa shape index (κ2) is 6.40. The maximum atomic E-state index is 5.94. The summed E-state index contributed by atoms with van der Waals surface area (Å²) < 4.78 is 0. The van der Waals surface area contributed by atoms with Gasteiger partial charge in [-0.1, -0.05) is 41.4 Å². The SMILES string of the molecule is Cc1cc(C)c(CC(NN)c2ccc(Cl)cc2)c(C)c1.